The average molecular weight is 395 g/mol. The van der Waals surface area contributed by atoms with E-state index in [1.807, 2.05) is 0 Å². The van der Waals surface area contributed by atoms with Crippen molar-refractivity contribution in [2.24, 2.45) is 0 Å². The lowest BCUT2D eigenvalue weighted by Gasteiger charge is -2.15. The Hall–Kier alpha value is -3.23. The van der Waals surface area contributed by atoms with Gasteiger partial charge < -0.3 is 19.5 Å². The summed E-state index contributed by atoms with van der Waals surface area (Å²) in [6, 6.07) is 8.40. The second-order valence-corrected chi connectivity index (χ2v) is 6.05. The highest BCUT2D eigenvalue weighted by Gasteiger charge is 2.30. The first-order valence-electron chi connectivity index (χ1n) is 8.27. The number of carbonyl (C=O) groups is 2. The van der Waals surface area contributed by atoms with Crippen molar-refractivity contribution in [2.75, 3.05) is 13.4 Å². The van der Waals surface area contributed by atoms with E-state index < -0.39 is 30.2 Å². The normalized spacial score (nSPS) is 13.7. The molecule has 0 spiro atoms. The maximum atomic E-state index is 12.5. The van der Waals surface area contributed by atoms with Gasteiger partial charge in [-0.15, -0.1) is 0 Å². The molecule has 2 aromatic carbocycles. The minimum absolute atomic E-state index is 0.0791. The molecule has 2 aromatic rings. The Kier molecular flexibility index (Phi) is 5.43. The Morgan fingerprint density at radius 3 is 2.46 bits per heavy atom. The number of hydrogen-bond donors (Lipinski definition) is 1. The van der Waals surface area contributed by atoms with Crippen LogP contribution in [0, 0.1) is 0 Å². The van der Waals surface area contributed by atoms with Crippen LogP contribution in [-0.2, 0) is 15.7 Å². The molecule has 0 aromatic heterocycles. The number of halogens is 3. The summed E-state index contributed by atoms with van der Waals surface area (Å²) in [5, 5.41) is 2.66. The first-order chi connectivity index (χ1) is 13.2. The van der Waals surface area contributed by atoms with Crippen molar-refractivity contribution in [1.29, 1.82) is 0 Å². The van der Waals surface area contributed by atoms with E-state index in [2.05, 4.69) is 5.32 Å². The second kappa shape index (κ2) is 7.79. The standard InChI is InChI=1S/C19H16F3NO5/c1-11(13-4-7-15-16(8-13)28-10-27-15)23-17(24)9-26-18(25)12-2-5-14(6-3-12)19(20,21)22/h2-8,11H,9-10H2,1H3,(H,23,24)/t11-/m0/s1. The van der Waals surface area contributed by atoms with Gasteiger partial charge in [0.2, 0.25) is 6.79 Å². The maximum Gasteiger partial charge on any atom is 0.416 e. The summed E-state index contributed by atoms with van der Waals surface area (Å²) in [6.45, 7) is 1.32. The summed E-state index contributed by atoms with van der Waals surface area (Å²) in [5.74, 6) is -0.245. The number of benzene rings is 2. The Balaban J connectivity index is 1.51. The Morgan fingerprint density at radius 2 is 1.79 bits per heavy atom. The zero-order valence-corrected chi connectivity index (χ0v) is 14.7. The molecule has 28 heavy (non-hydrogen) atoms. The summed E-state index contributed by atoms with van der Waals surface area (Å²) in [6.07, 6.45) is -4.49. The van der Waals surface area contributed by atoms with Gasteiger partial charge in [0.15, 0.2) is 18.1 Å². The van der Waals surface area contributed by atoms with E-state index in [1.165, 1.54) is 0 Å². The molecule has 9 heteroatoms. The van der Waals surface area contributed by atoms with Gasteiger partial charge in [-0.1, -0.05) is 6.07 Å². The van der Waals surface area contributed by atoms with Crippen molar-refractivity contribution in [3.8, 4) is 11.5 Å². The zero-order chi connectivity index (χ0) is 20.3. The topological polar surface area (TPSA) is 73.9 Å². The van der Waals surface area contributed by atoms with Crippen molar-refractivity contribution in [3.05, 3.63) is 59.2 Å². The van der Waals surface area contributed by atoms with Gasteiger partial charge in [-0.05, 0) is 48.9 Å². The Labute approximate surface area is 158 Å². The molecular weight excluding hydrogens is 379 g/mol. The fourth-order valence-corrected chi connectivity index (χ4v) is 2.56. The van der Waals surface area contributed by atoms with Gasteiger partial charge in [-0.25, -0.2) is 4.79 Å². The van der Waals surface area contributed by atoms with Crippen LogP contribution in [0.5, 0.6) is 11.5 Å². The van der Waals surface area contributed by atoms with E-state index in [9.17, 15) is 22.8 Å². The summed E-state index contributed by atoms with van der Waals surface area (Å²) in [4.78, 5) is 23.9. The minimum Gasteiger partial charge on any atom is -0.454 e. The lowest BCUT2D eigenvalue weighted by molar-refractivity contribution is -0.137. The fourth-order valence-electron chi connectivity index (χ4n) is 2.56. The molecule has 1 amide bonds. The summed E-state index contributed by atoms with van der Waals surface area (Å²) in [5.41, 5.74) is -0.185. The largest absolute Gasteiger partial charge is 0.454 e. The van der Waals surface area contributed by atoms with Gasteiger partial charge in [0.25, 0.3) is 5.91 Å². The van der Waals surface area contributed by atoms with Crippen molar-refractivity contribution < 1.29 is 37.0 Å². The number of esters is 1. The molecule has 1 atom stereocenters. The quantitative estimate of drug-likeness (QED) is 0.785. The molecule has 0 aliphatic carbocycles. The molecule has 6 nitrogen and oxygen atoms in total. The smallest absolute Gasteiger partial charge is 0.416 e. The third-order valence-corrected chi connectivity index (χ3v) is 4.06. The first-order valence-corrected chi connectivity index (χ1v) is 8.27. The maximum absolute atomic E-state index is 12.5. The van der Waals surface area contributed by atoms with E-state index in [1.54, 1.807) is 25.1 Å². The van der Waals surface area contributed by atoms with Crippen LogP contribution in [0.2, 0.25) is 0 Å². The van der Waals surface area contributed by atoms with Crippen LogP contribution in [-0.4, -0.2) is 25.3 Å². The van der Waals surface area contributed by atoms with E-state index in [0.29, 0.717) is 11.5 Å². The molecule has 3 rings (SSSR count). The summed E-state index contributed by atoms with van der Waals surface area (Å²) >= 11 is 0. The molecule has 0 saturated carbocycles. The van der Waals surface area contributed by atoms with Crippen LogP contribution in [0.25, 0.3) is 0 Å². The second-order valence-electron chi connectivity index (χ2n) is 6.05. The van der Waals surface area contributed by atoms with Crippen LogP contribution >= 0.6 is 0 Å². The fraction of sp³-hybridized carbons (Fsp3) is 0.263. The molecule has 0 radical (unpaired) electrons. The predicted molar refractivity (Wildman–Crippen MR) is 90.8 cm³/mol. The molecule has 0 unspecified atom stereocenters. The molecule has 148 valence electrons. The number of nitrogens with one attached hydrogen (secondary N) is 1. The molecule has 0 saturated heterocycles. The highest BCUT2D eigenvalue weighted by Crippen LogP contribution is 2.34. The molecule has 1 N–H and O–H groups in total. The first kappa shape index (κ1) is 19.5. The zero-order valence-electron chi connectivity index (χ0n) is 14.7. The molecular formula is C19H16F3NO5. The summed E-state index contributed by atoms with van der Waals surface area (Å²) in [7, 11) is 0. The van der Waals surface area contributed by atoms with Gasteiger partial charge in [0, 0.05) is 0 Å². The van der Waals surface area contributed by atoms with E-state index in [-0.39, 0.29) is 18.4 Å². The van der Waals surface area contributed by atoms with E-state index in [0.717, 1.165) is 29.8 Å². The van der Waals surface area contributed by atoms with E-state index >= 15 is 0 Å². The van der Waals surface area contributed by atoms with Gasteiger partial charge in [0.05, 0.1) is 17.2 Å². The third kappa shape index (κ3) is 4.54. The SMILES string of the molecule is C[C@H](NC(=O)COC(=O)c1ccc(C(F)(F)F)cc1)c1ccc2c(c1)OCO2. The van der Waals surface area contributed by atoms with Crippen LogP contribution in [0.1, 0.15) is 34.5 Å². The number of fused-ring (bicyclic) bond motifs is 1. The molecule has 1 aliphatic rings. The van der Waals surface area contributed by atoms with Gasteiger partial charge in [0.1, 0.15) is 0 Å². The molecule has 0 bridgehead atoms. The highest BCUT2D eigenvalue weighted by atomic mass is 19.4. The van der Waals surface area contributed by atoms with Gasteiger partial charge in [-0.3, -0.25) is 4.79 Å². The molecule has 1 aliphatic heterocycles. The number of amides is 1. The van der Waals surface area contributed by atoms with Gasteiger partial charge >= 0.3 is 12.1 Å². The predicted octanol–water partition coefficient (Wildman–Crippen LogP) is 3.47. The van der Waals surface area contributed by atoms with Crippen LogP contribution in [0.15, 0.2) is 42.5 Å². The van der Waals surface area contributed by atoms with Crippen LogP contribution in [0.4, 0.5) is 13.2 Å². The van der Waals surface area contributed by atoms with Crippen molar-refractivity contribution in [2.45, 2.75) is 19.1 Å². The van der Waals surface area contributed by atoms with Crippen LogP contribution < -0.4 is 14.8 Å². The highest BCUT2D eigenvalue weighted by molar-refractivity contribution is 5.91. The number of alkyl halides is 3. The number of hydrogen-bond acceptors (Lipinski definition) is 5. The average Bonchev–Trinajstić information content (AvgIpc) is 3.13. The third-order valence-electron chi connectivity index (χ3n) is 4.06. The van der Waals surface area contributed by atoms with E-state index in [4.69, 9.17) is 14.2 Å². The van der Waals surface area contributed by atoms with Crippen LogP contribution in [0.3, 0.4) is 0 Å². The number of ether oxygens (including phenoxy) is 3. The lowest BCUT2D eigenvalue weighted by Crippen LogP contribution is -2.31. The molecule has 0 fully saturated rings. The molecule has 1 heterocycles. The number of carbonyl (C=O) groups excluding carboxylic acids is 2. The van der Waals surface area contributed by atoms with Crippen molar-refractivity contribution in [1.82, 2.24) is 5.32 Å². The Bertz CT molecular complexity index is 880. The lowest BCUT2D eigenvalue weighted by atomic mass is 10.1. The summed E-state index contributed by atoms with van der Waals surface area (Å²) < 4.78 is 52.9. The minimum atomic E-state index is -4.49. The van der Waals surface area contributed by atoms with Crippen molar-refractivity contribution in [3.63, 3.8) is 0 Å². The van der Waals surface area contributed by atoms with Crippen molar-refractivity contribution >= 4 is 11.9 Å². The Morgan fingerprint density at radius 1 is 1.11 bits per heavy atom. The van der Waals surface area contributed by atoms with Gasteiger partial charge in [-0.2, -0.15) is 13.2 Å². The monoisotopic (exact) mass is 395 g/mol. The number of rotatable bonds is 5.